The van der Waals surface area contributed by atoms with Gasteiger partial charge in [0.25, 0.3) is 0 Å². The quantitative estimate of drug-likeness (QED) is 0.0522. The summed E-state index contributed by atoms with van der Waals surface area (Å²) in [6, 6.07) is 10.4. The second kappa shape index (κ2) is 38.9. The molecule has 1 fully saturated rings. The average Bonchev–Trinajstić information content (AvgIpc) is 3.43. The Morgan fingerprint density at radius 2 is 1.28 bits per heavy atom. The first-order chi connectivity index (χ1) is 39.1. The number of unbranched alkanes of at least 4 members (excludes halogenated alkanes) is 1. The molecule has 0 saturated carbocycles. The summed E-state index contributed by atoms with van der Waals surface area (Å²) in [4.78, 5) is 120. The smallest absolute Gasteiger partial charge is 0.305 e. The number of ether oxygens (including phenoxy) is 3. The third-order valence-electron chi connectivity index (χ3n) is 14.3. The van der Waals surface area contributed by atoms with Crippen LogP contribution >= 0.6 is 0 Å². The zero-order valence-corrected chi connectivity index (χ0v) is 48.7. The fourth-order valence-electron chi connectivity index (χ4n) is 9.38. The second-order valence-electron chi connectivity index (χ2n) is 21.9. The second-order valence-corrected chi connectivity index (χ2v) is 21.9. The number of aliphatic carboxylic acids is 2. The molecule has 1 unspecified atom stereocenters. The van der Waals surface area contributed by atoms with Crippen molar-refractivity contribution in [3.63, 3.8) is 0 Å². The van der Waals surface area contributed by atoms with Crippen LogP contribution in [0.3, 0.4) is 0 Å². The van der Waals surface area contributed by atoms with Crippen molar-refractivity contribution in [2.75, 3.05) is 40.1 Å². The summed E-state index contributed by atoms with van der Waals surface area (Å²) in [5.74, 6) is -5.08. The Bertz CT molecular complexity index is 2290. The summed E-state index contributed by atoms with van der Waals surface area (Å²) >= 11 is 0. The Balaban J connectivity index is 1.90. The molecule has 13 N–H and O–H groups in total. The van der Waals surface area contributed by atoms with Crippen molar-refractivity contribution in [1.82, 2.24) is 37.2 Å². The lowest BCUT2D eigenvalue weighted by Gasteiger charge is -2.26. The summed E-state index contributed by atoms with van der Waals surface area (Å²) in [6.45, 7) is 8.22. The SMILES string of the molecule is CCC(C)[C@@H](CC(=O)O)NC(=O)C[C@H](Cc1ccc(OC)cc1)NC(=O)C[C@@H]1COCCCCOC[C@H](NC(=O)C[C@H](CCCCN)NC(=O)C[C@@H](N)C(C)C)CC(=O)N[C@@H](Cc2ccccc2)CC(=O)N[C@@H](CCC(=O)O)CC(=O)N1. The molecule has 7 amide bonds. The van der Waals surface area contributed by atoms with E-state index in [1.807, 2.05) is 58.0 Å². The van der Waals surface area contributed by atoms with Gasteiger partial charge in [0.2, 0.25) is 41.4 Å². The maximum absolute atomic E-state index is 14.0. The van der Waals surface area contributed by atoms with Gasteiger partial charge in [-0.1, -0.05) is 83.0 Å². The summed E-state index contributed by atoms with van der Waals surface area (Å²) in [5.41, 5.74) is 13.5. The topological polar surface area (TPSA) is 358 Å². The zero-order chi connectivity index (χ0) is 60.4. The molecule has 0 aromatic heterocycles. The van der Waals surface area contributed by atoms with E-state index in [4.69, 9.17) is 25.7 Å². The third-order valence-corrected chi connectivity index (χ3v) is 14.3. The minimum atomic E-state index is -1.16. The molecule has 0 aliphatic carbocycles. The van der Waals surface area contributed by atoms with Crippen LogP contribution < -0.4 is 53.4 Å². The predicted octanol–water partition coefficient (Wildman–Crippen LogP) is 2.93. The van der Waals surface area contributed by atoms with Crippen molar-refractivity contribution >= 4 is 53.3 Å². The molecule has 0 bridgehead atoms. The van der Waals surface area contributed by atoms with E-state index in [-0.39, 0.29) is 121 Å². The largest absolute Gasteiger partial charge is 0.497 e. The van der Waals surface area contributed by atoms with Gasteiger partial charge in [-0.15, -0.1) is 0 Å². The molecule has 0 radical (unpaired) electrons. The van der Waals surface area contributed by atoms with Crippen molar-refractivity contribution in [1.29, 1.82) is 0 Å². The van der Waals surface area contributed by atoms with E-state index < -0.39 is 96.1 Å². The van der Waals surface area contributed by atoms with E-state index >= 15 is 0 Å². The van der Waals surface area contributed by atoms with Gasteiger partial charge >= 0.3 is 11.9 Å². The molecule has 2 aromatic rings. The van der Waals surface area contributed by atoms with E-state index in [1.165, 1.54) is 7.11 Å². The molecular weight excluding hydrogens is 1060 g/mol. The Kier molecular flexibility index (Phi) is 33.0. The van der Waals surface area contributed by atoms with Crippen LogP contribution in [-0.2, 0) is 65.5 Å². The number of rotatable bonds is 29. The van der Waals surface area contributed by atoms with Gasteiger partial charge in [0, 0.05) is 101 Å². The van der Waals surface area contributed by atoms with E-state index in [1.54, 1.807) is 24.3 Å². The highest BCUT2D eigenvalue weighted by molar-refractivity contribution is 5.84. The van der Waals surface area contributed by atoms with E-state index in [2.05, 4.69) is 37.2 Å². The van der Waals surface area contributed by atoms with Crippen molar-refractivity contribution in [3.8, 4) is 5.75 Å². The van der Waals surface area contributed by atoms with Gasteiger partial charge in [-0.25, -0.2) is 0 Å². The maximum Gasteiger partial charge on any atom is 0.305 e. The Morgan fingerprint density at radius 3 is 1.90 bits per heavy atom. The van der Waals surface area contributed by atoms with Crippen LogP contribution in [0.25, 0.3) is 0 Å². The van der Waals surface area contributed by atoms with Crippen molar-refractivity contribution in [3.05, 3.63) is 65.7 Å². The molecule has 3 rings (SSSR count). The van der Waals surface area contributed by atoms with Crippen LogP contribution in [0.15, 0.2) is 54.6 Å². The number of carbonyl (C=O) groups excluding carboxylic acids is 7. The lowest BCUT2D eigenvalue weighted by molar-refractivity contribution is -0.139. The molecule has 2 aromatic carbocycles. The Labute approximate surface area is 483 Å². The molecule has 82 heavy (non-hydrogen) atoms. The summed E-state index contributed by atoms with van der Waals surface area (Å²) in [7, 11) is 1.53. The van der Waals surface area contributed by atoms with Gasteiger partial charge in [-0.2, -0.15) is 0 Å². The number of carboxylic acids is 2. The molecular formula is C59H93N9O14. The number of carboxylic acid groups (broad SMARTS) is 2. The molecule has 23 heteroatoms. The minimum Gasteiger partial charge on any atom is -0.497 e. The zero-order valence-electron chi connectivity index (χ0n) is 48.7. The highest BCUT2D eigenvalue weighted by Gasteiger charge is 2.29. The van der Waals surface area contributed by atoms with Gasteiger partial charge in [-0.05, 0) is 86.6 Å². The fraction of sp³-hybridized carbons (Fsp3) is 0.644. The highest BCUT2D eigenvalue weighted by atomic mass is 16.5. The van der Waals surface area contributed by atoms with E-state index in [9.17, 15) is 53.4 Å². The number of nitrogens with two attached hydrogens (primary N) is 2. The third kappa shape index (κ3) is 30.4. The fourth-order valence-corrected chi connectivity index (χ4v) is 9.38. The van der Waals surface area contributed by atoms with Crippen LogP contribution in [0.4, 0.5) is 0 Å². The van der Waals surface area contributed by atoms with Crippen molar-refractivity contribution in [2.45, 2.75) is 192 Å². The normalized spacial score (nSPS) is 19.9. The molecule has 0 spiro atoms. The molecule has 1 aliphatic rings. The maximum atomic E-state index is 14.0. The number of benzene rings is 2. The van der Waals surface area contributed by atoms with Crippen LogP contribution in [-0.4, -0.2) is 152 Å². The standard InChI is InChI=1S/C59H93N9O14/c1-6-39(4)50(35-59(78)79)68-56(74)31-45(27-41-17-20-48(80-5)21-18-41)65-55(73)33-47-37-82-25-13-12-24-81-36-46(66-51(69)28-42(16-10-11-23-60)62-57(75)34-49(61)38(2)3)32-54(72)64-44(26-40-14-8-7-9-15-40)30-53(71)63-43(19-22-58(76)77)29-52(70)67-47/h7-9,14-15,17-18,20-21,38-39,42-47,49-50H,6,10-13,16,19,22-37,60-61H2,1-5H3,(H,62,75)(H,63,71)(H,64,72)(H,65,73)(H,66,69)(H,67,70)(H,68,74)(H,76,77)(H,78,79)/t39?,42-,43-,44-,45-,46+,47+,49+,50+/m0/s1. The molecule has 458 valence electrons. The number of carbonyl (C=O) groups is 9. The first-order valence-electron chi connectivity index (χ1n) is 28.9. The number of amides is 7. The minimum absolute atomic E-state index is 0.0618. The summed E-state index contributed by atoms with van der Waals surface area (Å²) < 4.78 is 17.4. The first-order valence-corrected chi connectivity index (χ1v) is 28.9. The Hall–Kier alpha value is -6.69. The van der Waals surface area contributed by atoms with E-state index in [0.29, 0.717) is 50.8 Å². The van der Waals surface area contributed by atoms with Gasteiger partial charge in [0.15, 0.2) is 0 Å². The lowest BCUT2D eigenvalue weighted by atomic mass is 9.95. The van der Waals surface area contributed by atoms with E-state index in [0.717, 1.165) is 11.1 Å². The monoisotopic (exact) mass is 1150 g/mol. The van der Waals surface area contributed by atoms with Gasteiger partial charge in [0.1, 0.15) is 5.75 Å². The van der Waals surface area contributed by atoms with Crippen LogP contribution in [0.2, 0.25) is 0 Å². The van der Waals surface area contributed by atoms with Crippen LogP contribution in [0.5, 0.6) is 5.75 Å². The van der Waals surface area contributed by atoms with Crippen molar-refractivity contribution in [2.24, 2.45) is 23.3 Å². The highest BCUT2D eigenvalue weighted by Crippen LogP contribution is 2.17. The predicted molar refractivity (Wildman–Crippen MR) is 308 cm³/mol. The molecule has 9 atom stereocenters. The number of methoxy groups -OCH3 is 1. The van der Waals surface area contributed by atoms with Gasteiger partial charge in [-0.3, -0.25) is 43.2 Å². The number of nitrogens with one attached hydrogen (secondary N) is 7. The molecule has 1 saturated heterocycles. The van der Waals surface area contributed by atoms with Gasteiger partial charge < -0.3 is 73.1 Å². The molecule has 1 aliphatic heterocycles. The summed E-state index contributed by atoms with van der Waals surface area (Å²) in [6.07, 6.45) is 1.66. The molecule has 23 nitrogen and oxygen atoms in total. The summed E-state index contributed by atoms with van der Waals surface area (Å²) in [5, 5.41) is 39.5. The Morgan fingerprint density at radius 1 is 0.683 bits per heavy atom. The first kappa shape index (κ1) is 69.6. The molecule has 1 heterocycles. The number of hydrogen-bond acceptors (Lipinski definition) is 14. The van der Waals surface area contributed by atoms with Crippen molar-refractivity contribution < 1.29 is 67.6 Å². The van der Waals surface area contributed by atoms with Crippen LogP contribution in [0, 0.1) is 11.8 Å². The van der Waals surface area contributed by atoms with Crippen LogP contribution in [0.1, 0.15) is 142 Å². The average molecular weight is 1150 g/mol. The van der Waals surface area contributed by atoms with Gasteiger partial charge in [0.05, 0.1) is 38.8 Å². The number of hydrogen-bond donors (Lipinski definition) is 11. The lowest BCUT2D eigenvalue weighted by Crippen LogP contribution is -2.49.